The highest BCUT2D eigenvalue weighted by Crippen LogP contribution is 2.30. The highest BCUT2D eigenvalue weighted by Gasteiger charge is 2.13. The van der Waals surface area contributed by atoms with Crippen molar-refractivity contribution in [2.24, 2.45) is 0 Å². The van der Waals surface area contributed by atoms with Crippen LogP contribution in [0.1, 0.15) is 0 Å². The molecular formula is C14H7Cl2IN4. The third kappa shape index (κ3) is 3.00. The molecule has 0 fully saturated rings. The molecule has 0 aliphatic rings. The van der Waals surface area contributed by atoms with Crippen LogP contribution >= 0.6 is 45.8 Å². The fourth-order valence-corrected chi connectivity index (χ4v) is 3.17. The van der Waals surface area contributed by atoms with Crippen LogP contribution < -0.4 is 0 Å². The maximum atomic E-state index is 6.18. The van der Waals surface area contributed by atoms with E-state index in [0.717, 1.165) is 9.13 Å². The van der Waals surface area contributed by atoms with Crippen molar-refractivity contribution in [3.8, 4) is 22.8 Å². The van der Waals surface area contributed by atoms with Gasteiger partial charge in [-0.1, -0.05) is 41.4 Å². The van der Waals surface area contributed by atoms with Gasteiger partial charge in [-0.15, -0.1) is 20.4 Å². The van der Waals surface area contributed by atoms with Gasteiger partial charge in [0.05, 0.1) is 15.6 Å². The van der Waals surface area contributed by atoms with E-state index in [9.17, 15) is 0 Å². The Hall–Kier alpha value is -1.31. The van der Waals surface area contributed by atoms with Gasteiger partial charge in [0.15, 0.2) is 0 Å². The molecule has 3 aromatic rings. The molecule has 0 aliphatic carbocycles. The maximum absolute atomic E-state index is 6.18. The monoisotopic (exact) mass is 428 g/mol. The first-order valence-electron chi connectivity index (χ1n) is 5.93. The molecular weight excluding hydrogens is 422 g/mol. The summed E-state index contributed by atoms with van der Waals surface area (Å²) in [6.45, 7) is 0. The fraction of sp³-hybridized carbons (Fsp3) is 0. The Labute approximate surface area is 144 Å². The molecule has 7 heteroatoms. The predicted octanol–water partition coefficient (Wildman–Crippen LogP) is 4.51. The van der Waals surface area contributed by atoms with Gasteiger partial charge in [0, 0.05) is 9.13 Å². The lowest BCUT2D eigenvalue weighted by Crippen LogP contribution is -2.01. The summed E-state index contributed by atoms with van der Waals surface area (Å²) in [5.74, 6) is 0.771. The Balaban J connectivity index is 2.04. The zero-order valence-corrected chi connectivity index (χ0v) is 14.1. The summed E-state index contributed by atoms with van der Waals surface area (Å²) in [4.78, 5) is 0. The molecule has 0 saturated carbocycles. The molecule has 0 amide bonds. The summed E-state index contributed by atoms with van der Waals surface area (Å²) < 4.78 is 0.939. The Morgan fingerprint density at radius 1 is 0.714 bits per heavy atom. The highest BCUT2D eigenvalue weighted by atomic mass is 127. The molecule has 1 heterocycles. The lowest BCUT2D eigenvalue weighted by Gasteiger charge is -2.05. The quantitative estimate of drug-likeness (QED) is 0.563. The van der Waals surface area contributed by atoms with E-state index in [-0.39, 0.29) is 0 Å². The largest absolute Gasteiger partial charge is 0.206 e. The highest BCUT2D eigenvalue weighted by molar-refractivity contribution is 14.1. The van der Waals surface area contributed by atoms with Crippen LogP contribution in [-0.2, 0) is 0 Å². The molecule has 0 aliphatic heterocycles. The predicted molar refractivity (Wildman–Crippen MR) is 91.2 cm³/mol. The van der Waals surface area contributed by atoms with Gasteiger partial charge >= 0.3 is 0 Å². The maximum Gasteiger partial charge on any atom is 0.206 e. The third-order valence-corrected chi connectivity index (χ3v) is 4.32. The van der Waals surface area contributed by atoms with E-state index in [0.29, 0.717) is 27.3 Å². The second kappa shape index (κ2) is 6.21. The Morgan fingerprint density at radius 3 is 2.00 bits per heavy atom. The topological polar surface area (TPSA) is 51.6 Å². The van der Waals surface area contributed by atoms with Crippen LogP contribution in [0.5, 0.6) is 0 Å². The minimum Gasteiger partial charge on any atom is -0.126 e. The van der Waals surface area contributed by atoms with Crippen LogP contribution in [0.15, 0.2) is 42.5 Å². The van der Waals surface area contributed by atoms with Crippen LogP contribution in [0.2, 0.25) is 10.0 Å². The molecule has 3 rings (SSSR count). The summed E-state index contributed by atoms with van der Waals surface area (Å²) in [7, 11) is 0. The van der Waals surface area contributed by atoms with Gasteiger partial charge in [0.2, 0.25) is 11.6 Å². The molecule has 0 N–H and O–H groups in total. The van der Waals surface area contributed by atoms with Crippen LogP contribution in [0.3, 0.4) is 0 Å². The number of nitrogens with zero attached hydrogens (tertiary/aromatic N) is 4. The lowest BCUT2D eigenvalue weighted by atomic mass is 10.2. The van der Waals surface area contributed by atoms with Gasteiger partial charge in [0.1, 0.15) is 0 Å². The SMILES string of the molecule is Clc1ccccc1-c1nnc(-c2c(Cl)cccc2I)nn1. The molecule has 0 saturated heterocycles. The molecule has 104 valence electrons. The van der Waals surface area contributed by atoms with E-state index in [1.165, 1.54) is 0 Å². The summed E-state index contributed by atoms with van der Waals surface area (Å²) in [5.41, 5.74) is 1.42. The lowest BCUT2D eigenvalue weighted by molar-refractivity contribution is 0.875. The molecule has 21 heavy (non-hydrogen) atoms. The van der Waals surface area contributed by atoms with Crippen LogP contribution in [-0.4, -0.2) is 20.4 Å². The zero-order chi connectivity index (χ0) is 14.8. The van der Waals surface area contributed by atoms with E-state index >= 15 is 0 Å². The summed E-state index contributed by atoms with van der Waals surface area (Å²) in [6.07, 6.45) is 0. The van der Waals surface area contributed by atoms with E-state index < -0.39 is 0 Å². The van der Waals surface area contributed by atoms with Gasteiger partial charge in [-0.3, -0.25) is 0 Å². The first kappa shape index (κ1) is 14.6. The van der Waals surface area contributed by atoms with Crippen LogP contribution in [0, 0.1) is 3.57 Å². The van der Waals surface area contributed by atoms with E-state index in [2.05, 4.69) is 43.0 Å². The van der Waals surface area contributed by atoms with Crippen molar-refractivity contribution in [1.29, 1.82) is 0 Å². The average molecular weight is 429 g/mol. The van der Waals surface area contributed by atoms with Crippen molar-refractivity contribution in [2.45, 2.75) is 0 Å². The van der Waals surface area contributed by atoms with Gasteiger partial charge < -0.3 is 0 Å². The minimum atomic E-state index is 0.381. The second-order valence-corrected chi connectivity index (χ2v) is 6.10. The molecule has 0 atom stereocenters. The summed E-state index contributed by atoms with van der Waals surface area (Å²) in [5, 5.41) is 17.6. The Bertz CT molecular complexity index is 773. The van der Waals surface area contributed by atoms with Crippen molar-refractivity contribution >= 4 is 45.8 Å². The number of benzene rings is 2. The first-order chi connectivity index (χ1) is 10.2. The van der Waals surface area contributed by atoms with Gasteiger partial charge in [-0.25, -0.2) is 0 Å². The third-order valence-electron chi connectivity index (χ3n) is 2.78. The van der Waals surface area contributed by atoms with Crippen molar-refractivity contribution in [1.82, 2.24) is 20.4 Å². The number of rotatable bonds is 2. The molecule has 0 unspecified atom stereocenters. The van der Waals surface area contributed by atoms with E-state index in [1.807, 2.05) is 30.3 Å². The Morgan fingerprint density at radius 2 is 1.33 bits per heavy atom. The average Bonchev–Trinajstić information content (AvgIpc) is 2.48. The van der Waals surface area contributed by atoms with Crippen molar-refractivity contribution in [2.75, 3.05) is 0 Å². The van der Waals surface area contributed by atoms with E-state index in [1.54, 1.807) is 12.1 Å². The first-order valence-corrected chi connectivity index (χ1v) is 7.77. The second-order valence-electron chi connectivity index (χ2n) is 4.12. The molecule has 0 radical (unpaired) electrons. The summed E-state index contributed by atoms with van der Waals surface area (Å²) in [6, 6.07) is 12.9. The number of halogens is 3. The van der Waals surface area contributed by atoms with Crippen LogP contribution in [0.25, 0.3) is 22.8 Å². The molecule has 0 bridgehead atoms. The zero-order valence-electron chi connectivity index (χ0n) is 10.5. The summed E-state index contributed by atoms with van der Waals surface area (Å²) >= 11 is 14.5. The molecule has 1 aromatic heterocycles. The Kier molecular flexibility index (Phi) is 4.32. The van der Waals surface area contributed by atoms with E-state index in [4.69, 9.17) is 23.2 Å². The standard InChI is InChI=1S/C14H7Cl2IN4/c15-9-5-2-1-4-8(9)13-18-20-14(21-19-13)12-10(16)6-3-7-11(12)17/h1-7H. The molecule has 2 aromatic carbocycles. The van der Waals surface area contributed by atoms with Gasteiger partial charge in [-0.2, -0.15) is 0 Å². The smallest absolute Gasteiger partial charge is 0.126 e. The number of aromatic nitrogens is 4. The van der Waals surface area contributed by atoms with Crippen LogP contribution in [0.4, 0.5) is 0 Å². The number of hydrogen-bond acceptors (Lipinski definition) is 4. The van der Waals surface area contributed by atoms with Crippen molar-refractivity contribution in [3.05, 3.63) is 56.1 Å². The molecule has 0 spiro atoms. The van der Waals surface area contributed by atoms with Crippen molar-refractivity contribution < 1.29 is 0 Å². The normalized spacial score (nSPS) is 10.6. The molecule has 4 nitrogen and oxygen atoms in total. The minimum absolute atomic E-state index is 0.381. The van der Waals surface area contributed by atoms with Crippen molar-refractivity contribution in [3.63, 3.8) is 0 Å². The van der Waals surface area contributed by atoms with Gasteiger partial charge in [-0.05, 0) is 46.9 Å². The number of hydrogen-bond donors (Lipinski definition) is 0. The van der Waals surface area contributed by atoms with Gasteiger partial charge in [0.25, 0.3) is 0 Å². The fourth-order valence-electron chi connectivity index (χ4n) is 1.79.